The number of anilines is 3. The van der Waals surface area contributed by atoms with Gasteiger partial charge in [0.25, 0.3) is 10.0 Å². The summed E-state index contributed by atoms with van der Waals surface area (Å²) in [6.45, 7) is 0.917. The summed E-state index contributed by atoms with van der Waals surface area (Å²) in [6, 6.07) is 16.9. The van der Waals surface area contributed by atoms with Crippen molar-refractivity contribution in [3.8, 4) is 11.5 Å². The van der Waals surface area contributed by atoms with Crippen molar-refractivity contribution in [3.63, 3.8) is 0 Å². The van der Waals surface area contributed by atoms with Crippen LogP contribution in [0.1, 0.15) is 0 Å². The van der Waals surface area contributed by atoms with Gasteiger partial charge in [-0.05, 0) is 48.5 Å². The maximum atomic E-state index is 13.2. The molecule has 0 atom stereocenters. The van der Waals surface area contributed by atoms with Crippen LogP contribution in [-0.4, -0.2) is 31.6 Å². The number of hydrogen-bond donors (Lipinski definition) is 2. The zero-order chi connectivity index (χ0) is 22.1. The van der Waals surface area contributed by atoms with Crippen LogP contribution in [-0.2, 0) is 10.0 Å². The van der Waals surface area contributed by atoms with Gasteiger partial charge in [-0.1, -0.05) is 12.1 Å². The SMILES string of the molecule is O=S(=O)(Nc1nc2ccccc2nc1Nc1ccc2c(c1)OCCO2)c1ccc(F)cc1. The van der Waals surface area contributed by atoms with Gasteiger partial charge in [-0.25, -0.2) is 22.8 Å². The number of sulfonamides is 1. The third-order valence-electron chi connectivity index (χ3n) is 4.73. The Labute approximate surface area is 183 Å². The molecule has 2 heterocycles. The third-order valence-corrected chi connectivity index (χ3v) is 6.09. The van der Waals surface area contributed by atoms with E-state index in [2.05, 4.69) is 20.0 Å². The van der Waals surface area contributed by atoms with Crippen molar-refractivity contribution in [1.82, 2.24) is 9.97 Å². The molecule has 5 rings (SSSR count). The van der Waals surface area contributed by atoms with E-state index in [4.69, 9.17) is 9.47 Å². The van der Waals surface area contributed by atoms with Crippen LogP contribution in [0.25, 0.3) is 11.0 Å². The lowest BCUT2D eigenvalue weighted by molar-refractivity contribution is 0.171. The molecule has 8 nitrogen and oxygen atoms in total. The lowest BCUT2D eigenvalue weighted by atomic mass is 10.2. The van der Waals surface area contributed by atoms with Crippen molar-refractivity contribution >= 4 is 38.4 Å². The molecule has 3 aromatic carbocycles. The smallest absolute Gasteiger partial charge is 0.263 e. The fourth-order valence-corrected chi connectivity index (χ4v) is 4.23. The quantitative estimate of drug-likeness (QED) is 0.470. The maximum Gasteiger partial charge on any atom is 0.263 e. The Kier molecular flexibility index (Phi) is 4.98. The van der Waals surface area contributed by atoms with Crippen LogP contribution >= 0.6 is 0 Å². The highest BCUT2D eigenvalue weighted by Crippen LogP contribution is 2.35. The molecule has 0 unspecified atom stereocenters. The molecule has 1 aliphatic rings. The highest BCUT2D eigenvalue weighted by atomic mass is 32.2. The van der Waals surface area contributed by atoms with Crippen LogP contribution in [0.15, 0.2) is 71.6 Å². The minimum Gasteiger partial charge on any atom is -0.486 e. The van der Waals surface area contributed by atoms with Crippen LogP contribution in [0.4, 0.5) is 21.7 Å². The standard InChI is InChI=1S/C22H17FN4O4S/c23-14-5-8-16(9-6-14)32(28,29)27-22-21(25-17-3-1-2-4-18(17)26-22)24-15-7-10-19-20(13-15)31-12-11-30-19/h1-10,13H,11-12H2,(H,24,25)(H,26,27). The lowest BCUT2D eigenvalue weighted by Crippen LogP contribution is -2.16. The topological polar surface area (TPSA) is 102 Å². The highest BCUT2D eigenvalue weighted by Gasteiger charge is 2.20. The van der Waals surface area contributed by atoms with Gasteiger partial charge in [0, 0.05) is 11.8 Å². The molecular formula is C22H17FN4O4S. The van der Waals surface area contributed by atoms with Crippen LogP contribution in [0.3, 0.4) is 0 Å². The number of hydrogen-bond acceptors (Lipinski definition) is 7. The van der Waals surface area contributed by atoms with E-state index in [9.17, 15) is 12.8 Å². The van der Waals surface area contributed by atoms with Crippen molar-refractivity contribution in [2.45, 2.75) is 4.90 Å². The first-order valence-corrected chi connectivity index (χ1v) is 11.2. The summed E-state index contributed by atoms with van der Waals surface area (Å²) in [7, 11) is -4.03. The van der Waals surface area contributed by atoms with E-state index < -0.39 is 15.8 Å². The van der Waals surface area contributed by atoms with Crippen LogP contribution in [0.5, 0.6) is 11.5 Å². The summed E-state index contributed by atoms with van der Waals surface area (Å²) in [5.74, 6) is 0.872. The number of nitrogens with one attached hydrogen (secondary N) is 2. The summed E-state index contributed by atoms with van der Waals surface area (Å²) in [5.41, 5.74) is 1.70. The van der Waals surface area contributed by atoms with Crippen molar-refractivity contribution in [3.05, 3.63) is 72.5 Å². The molecule has 4 aromatic rings. The first-order valence-electron chi connectivity index (χ1n) is 9.70. The van der Waals surface area contributed by atoms with Crippen LogP contribution < -0.4 is 19.5 Å². The van der Waals surface area contributed by atoms with Crippen molar-refractivity contribution in [2.24, 2.45) is 0 Å². The number of nitrogens with zero attached hydrogens (tertiary/aromatic N) is 2. The zero-order valence-electron chi connectivity index (χ0n) is 16.6. The molecule has 0 saturated carbocycles. The Morgan fingerprint density at radius 2 is 1.47 bits per heavy atom. The summed E-state index contributed by atoms with van der Waals surface area (Å²) >= 11 is 0. The molecule has 32 heavy (non-hydrogen) atoms. The highest BCUT2D eigenvalue weighted by molar-refractivity contribution is 7.92. The van der Waals surface area contributed by atoms with Gasteiger partial charge in [0.05, 0.1) is 15.9 Å². The Morgan fingerprint density at radius 1 is 0.812 bits per heavy atom. The first kappa shape index (κ1) is 20.0. The molecule has 0 aliphatic carbocycles. The second-order valence-electron chi connectivity index (χ2n) is 6.95. The number of halogens is 1. The Bertz CT molecular complexity index is 1410. The Morgan fingerprint density at radius 3 is 2.19 bits per heavy atom. The summed E-state index contributed by atoms with van der Waals surface area (Å²) < 4.78 is 52.6. The number of aromatic nitrogens is 2. The molecule has 0 amide bonds. The van der Waals surface area contributed by atoms with Crippen molar-refractivity contribution < 1.29 is 22.3 Å². The van der Waals surface area contributed by atoms with E-state index in [-0.39, 0.29) is 16.5 Å². The second-order valence-corrected chi connectivity index (χ2v) is 8.63. The molecule has 162 valence electrons. The number of ether oxygens (including phenoxy) is 2. The van der Waals surface area contributed by atoms with Gasteiger partial charge in [-0.15, -0.1) is 0 Å². The summed E-state index contributed by atoms with van der Waals surface area (Å²) in [5, 5.41) is 3.10. The molecule has 0 bridgehead atoms. The normalized spacial score (nSPS) is 13.0. The second kappa shape index (κ2) is 7.97. The van der Waals surface area contributed by atoms with Gasteiger partial charge in [0.1, 0.15) is 19.0 Å². The molecule has 1 aromatic heterocycles. The predicted octanol–water partition coefficient (Wildman–Crippen LogP) is 4.08. The Hall–Kier alpha value is -3.92. The summed E-state index contributed by atoms with van der Waals surface area (Å²) in [6.07, 6.45) is 0. The van der Waals surface area contributed by atoms with E-state index >= 15 is 0 Å². The molecule has 1 aliphatic heterocycles. The van der Waals surface area contributed by atoms with Crippen LogP contribution in [0, 0.1) is 5.82 Å². The van der Waals surface area contributed by atoms with E-state index in [1.807, 2.05) is 6.07 Å². The number of benzene rings is 3. The van der Waals surface area contributed by atoms with Gasteiger partial charge in [0.2, 0.25) is 0 Å². The van der Waals surface area contributed by atoms with Gasteiger partial charge in [-0.3, -0.25) is 4.72 Å². The molecule has 0 radical (unpaired) electrons. The first-order chi connectivity index (χ1) is 15.5. The average Bonchev–Trinajstić information content (AvgIpc) is 2.79. The van der Waals surface area contributed by atoms with E-state index in [0.717, 1.165) is 12.1 Å². The largest absolute Gasteiger partial charge is 0.486 e. The molecule has 0 saturated heterocycles. The number of para-hydroxylation sites is 2. The minimum atomic E-state index is -4.03. The lowest BCUT2D eigenvalue weighted by Gasteiger charge is -2.19. The van der Waals surface area contributed by atoms with Crippen molar-refractivity contribution in [2.75, 3.05) is 23.3 Å². The number of fused-ring (bicyclic) bond motifs is 2. The van der Waals surface area contributed by atoms with Gasteiger partial charge >= 0.3 is 0 Å². The van der Waals surface area contributed by atoms with Crippen molar-refractivity contribution in [1.29, 1.82) is 0 Å². The zero-order valence-corrected chi connectivity index (χ0v) is 17.4. The van der Waals surface area contributed by atoms with E-state index in [0.29, 0.717) is 41.4 Å². The van der Waals surface area contributed by atoms with Crippen LogP contribution in [0.2, 0.25) is 0 Å². The molecule has 0 spiro atoms. The Balaban J connectivity index is 1.54. The summed E-state index contributed by atoms with van der Waals surface area (Å²) in [4.78, 5) is 8.89. The molecular weight excluding hydrogens is 435 g/mol. The average molecular weight is 452 g/mol. The minimum absolute atomic E-state index is 0.00270. The van der Waals surface area contributed by atoms with Gasteiger partial charge < -0.3 is 14.8 Å². The van der Waals surface area contributed by atoms with E-state index in [1.54, 1.807) is 36.4 Å². The van der Waals surface area contributed by atoms with Gasteiger partial charge in [0.15, 0.2) is 23.1 Å². The third kappa shape index (κ3) is 4.00. The molecule has 0 fully saturated rings. The fraction of sp³-hybridized carbons (Fsp3) is 0.0909. The van der Waals surface area contributed by atoms with Gasteiger partial charge in [-0.2, -0.15) is 0 Å². The molecule has 10 heteroatoms. The maximum absolute atomic E-state index is 13.2. The monoisotopic (exact) mass is 452 g/mol. The molecule has 2 N–H and O–H groups in total. The fourth-order valence-electron chi connectivity index (χ4n) is 3.22. The van der Waals surface area contributed by atoms with E-state index in [1.165, 1.54) is 12.1 Å². The predicted molar refractivity (Wildman–Crippen MR) is 117 cm³/mol. The number of rotatable bonds is 5.